The molecule has 0 N–H and O–H groups in total. The normalized spacial score (nSPS) is 33.4. The van der Waals surface area contributed by atoms with Crippen molar-refractivity contribution >= 4 is 0 Å². The molecule has 0 amide bonds. The molecule has 0 aliphatic heterocycles. The quantitative estimate of drug-likeness (QED) is 0.617. The summed E-state index contributed by atoms with van der Waals surface area (Å²) in [6.07, 6.45) is 2.14. The van der Waals surface area contributed by atoms with Crippen LogP contribution in [0.3, 0.4) is 0 Å². The Hall–Kier alpha value is -0.0700. The molecule has 1 heteroatoms. The van der Waals surface area contributed by atoms with Crippen LogP contribution in [0.15, 0.2) is 0 Å². The van der Waals surface area contributed by atoms with Crippen molar-refractivity contribution in [1.29, 1.82) is 0 Å². The van der Waals surface area contributed by atoms with Gasteiger partial charge in [0, 0.05) is 0 Å². The number of hydrogen-bond acceptors (Lipinski definition) is 0. The molecule has 0 aromatic heterocycles. The van der Waals surface area contributed by atoms with Crippen LogP contribution in [-0.4, -0.2) is 6.17 Å². The van der Waals surface area contributed by atoms with E-state index in [0.29, 0.717) is 17.3 Å². The molecule has 90 valence electrons. The van der Waals surface area contributed by atoms with Crippen LogP contribution in [0.25, 0.3) is 0 Å². The van der Waals surface area contributed by atoms with E-state index in [1.165, 1.54) is 0 Å². The second-order valence-electron chi connectivity index (χ2n) is 6.99. The average molecular weight is 214 g/mol. The third-order valence-corrected chi connectivity index (χ3v) is 4.53. The zero-order valence-electron chi connectivity index (χ0n) is 11.2. The Morgan fingerprint density at radius 1 is 1.00 bits per heavy atom. The Labute approximate surface area is 94.6 Å². The molecular formula is C14H27F. The molecule has 1 fully saturated rings. The molecule has 15 heavy (non-hydrogen) atoms. The topological polar surface area (TPSA) is 0 Å². The summed E-state index contributed by atoms with van der Waals surface area (Å²) in [7, 11) is 0. The summed E-state index contributed by atoms with van der Waals surface area (Å²) in [6, 6.07) is 0. The van der Waals surface area contributed by atoms with Crippen LogP contribution in [0.5, 0.6) is 0 Å². The van der Waals surface area contributed by atoms with Crippen LogP contribution >= 0.6 is 0 Å². The molecule has 3 atom stereocenters. The molecule has 0 aromatic rings. The van der Waals surface area contributed by atoms with Gasteiger partial charge in [-0.15, -0.1) is 0 Å². The fourth-order valence-electron chi connectivity index (χ4n) is 3.06. The smallest absolute Gasteiger partial charge is 0.101 e. The molecule has 1 aliphatic rings. The van der Waals surface area contributed by atoms with E-state index >= 15 is 0 Å². The predicted molar refractivity (Wildman–Crippen MR) is 64.6 cm³/mol. The Kier molecular flexibility index (Phi) is 3.52. The van der Waals surface area contributed by atoms with Gasteiger partial charge < -0.3 is 0 Å². The van der Waals surface area contributed by atoms with Crippen LogP contribution in [0.2, 0.25) is 0 Å². The fraction of sp³-hybridized carbons (Fsp3) is 1.00. The third kappa shape index (κ3) is 2.73. The van der Waals surface area contributed by atoms with Gasteiger partial charge in [0.2, 0.25) is 0 Å². The Morgan fingerprint density at radius 3 is 1.87 bits per heavy atom. The van der Waals surface area contributed by atoms with E-state index in [1.54, 1.807) is 0 Å². The van der Waals surface area contributed by atoms with Gasteiger partial charge in [-0.05, 0) is 35.5 Å². The summed E-state index contributed by atoms with van der Waals surface area (Å²) >= 11 is 0. The Morgan fingerprint density at radius 2 is 1.47 bits per heavy atom. The summed E-state index contributed by atoms with van der Waals surface area (Å²) in [5, 5.41) is 0. The van der Waals surface area contributed by atoms with Gasteiger partial charge >= 0.3 is 0 Å². The van der Waals surface area contributed by atoms with E-state index in [0.717, 1.165) is 19.3 Å². The van der Waals surface area contributed by atoms with Crippen molar-refractivity contribution in [3.63, 3.8) is 0 Å². The SMILES string of the molecule is CCC(C)(C)C1CC(F)CC1C(C)(C)C. The Balaban J connectivity index is 2.87. The average Bonchev–Trinajstić information content (AvgIpc) is 2.47. The molecule has 0 aromatic carbocycles. The standard InChI is InChI=1S/C14H27F/c1-7-14(5,6)12-9-10(15)8-11(12)13(2,3)4/h10-12H,7-9H2,1-6H3. The third-order valence-electron chi connectivity index (χ3n) is 4.53. The van der Waals surface area contributed by atoms with Gasteiger partial charge in [0.05, 0.1) is 0 Å². The van der Waals surface area contributed by atoms with E-state index in [9.17, 15) is 4.39 Å². The first-order valence-corrected chi connectivity index (χ1v) is 6.32. The summed E-state index contributed by atoms with van der Waals surface area (Å²) < 4.78 is 13.6. The minimum atomic E-state index is -0.565. The van der Waals surface area contributed by atoms with Crippen LogP contribution in [0.1, 0.15) is 60.8 Å². The largest absolute Gasteiger partial charge is 0.247 e. The van der Waals surface area contributed by atoms with Gasteiger partial charge in [0.25, 0.3) is 0 Å². The zero-order chi connectivity index (χ0) is 11.9. The number of alkyl halides is 1. The first-order chi connectivity index (χ1) is 6.68. The lowest BCUT2D eigenvalue weighted by Gasteiger charge is -2.40. The molecule has 0 spiro atoms. The van der Waals surface area contributed by atoms with Crippen molar-refractivity contribution in [2.75, 3.05) is 0 Å². The Bertz CT molecular complexity index is 212. The van der Waals surface area contributed by atoms with Crippen molar-refractivity contribution in [2.45, 2.75) is 67.0 Å². The summed E-state index contributed by atoms with van der Waals surface area (Å²) in [4.78, 5) is 0. The van der Waals surface area contributed by atoms with E-state index in [1.807, 2.05) is 0 Å². The first-order valence-electron chi connectivity index (χ1n) is 6.32. The molecule has 0 bridgehead atoms. The van der Waals surface area contributed by atoms with Crippen LogP contribution < -0.4 is 0 Å². The molecule has 1 aliphatic carbocycles. The van der Waals surface area contributed by atoms with Gasteiger partial charge in [-0.1, -0.05) is 48.0 Å². The maximum atomic E-state index is 13.6. The molecule has 1 saturated carbocycles. The van der Waals surface area contributed by atoms with Crippen molar-refractivity contribution in [1.82, 2.24) is 0 Å². The van der Waals surface area contributed by atoms with E-state index in [2.05, 4.69) is 41.5 Å². The highest BCUT2D eigenvalue weighted by Crippen LogP contribution is 2.52. The highest BCUT2D eigenvalue weighted by molar-refractivity contribution is 4.95. The lowest BCUT2D eigenvalue weighted by atomic mass is 9.64. The minimum absolute atomic E-state index is 0.248. The molecule has 0 radical (unpaired) electrons. The second kappa shape index (κ2) is 4.07. The van der Waals surface area contributed by atoms with Crippen molar-refractivity contribution < 1.29 is 4.39 Å². The van der Waals surface area contributed by atoms with E-state index < -0.39 is 6.17 Å². The molecule has 0 heterocycles. The maximum Gasteiger partial charge on any atom is 0.101 e. The van der Waals surface area contributed by atoms with Crippen LogP contribution in [-0.2, 0) is 0 Å². The van der Waals surface area contributed by atoms with Gasteiger partial charge in [-0.2, -0.15) is 0 Å². The van der Waals surface area contributed by atoms with Crippen LogP contribution in [0.4, 0.5) is 4.39 Å². The molecule has 3 unspecified atom stereocenters. The number of halogens is 1. The first kappa shape index (κ1) is 13.0. The van der Waals surface area contributed by atoms with Gasteiger partial charge in [0.15, 0.2) is 0 Å². The van der Waals surface area contributed by atoms with Gasteiger partial charge in [-0.3, -0.25) is 0 Å². The number of rotatable bonds is 2. The summed E-state index contributed by atoms with van der Waals surface area (Å²) in [5.41, 5.74) is 0.538. The number of hydrogen-bond donors (Lipinski definition) is 0. The van der Waals surface area contributed by atoms with E-state index in [4.69, 9.17) is 0 Å². The molecule has 1 rings (SSSR count). The predicted octanol–water partition coefficient (Wildman–Crippen LogP) is 4.83. The minimum Gasteiger partial charge on any atom is -0.247 e. The van der Waals surface area contributed by atoms with E-state index in [-0.39, 0.29) is 5.41 Å². The summed E-state index contributed by atoms with van der Waals surface area (Å²) in [6.45, 7) is 13.6. The van der Waals surface area contributed by atoms with Gasteiger partial charge in [0.1, 0.15) is 6.17 Å². The monoisotopic (exact) mass is 214 g/mol. The maximum absolute atomic E-state index is 13.6. The highest BCUT2D eigenvalue weighted by atomic mass is 19.1. The molecule has 0 saturated heterocycles. The van der Waals surface area contributed by atoms with Crippen molar-refractivity contribution in [2.24, 2.45) is 22.7 Å². The lowest BCUT2D eigenvalue weighted by Crippen LogP contribution is -2.33. The lowest BCUT2D eigenvalue weighted by molar-refractivity contribution is 0.0836. The van der Waals surface area contributed by atoms with Crippen LogP contribution in [0, 0.1) is 22.7 Å². The second-order valence-corrected chi connectivity index (χ2v) is 6.99. The fourth-order valence-corrected chi connectivity index (χ4v) is 3.06. The zero-order valence-corrected chi connectivity index (χ0v) is 11.2. The van der Waals surface area contributed by atoms with Crippen molar-refractivity contribution in [3.05, 3.63) is 0 Å². The summed E-state index contributed by atoms with van der Waals surface area (Å²) in [5.74, 6) is 1.10. The van der Waals surface area contributed by atoms with Crippen molar-refractivity contribution in [3.8, 4) is 0 Å². The molecule has 0 nitrogen and oxygen atoms in total. The van der Waals surface area contributed by atoms with Gasteiger partial charge in [-0.25, -0.2) is 4.39 Å². The molecular weight excluding hydrogens is 187 g/mol. The highest BCUT2D eigenvalue weighted by Gasteiger charge is 2.46.